The van der Waals surface area contributed by atoms with Crippen LogP contribution in [-0.4, -0.2) is 34.4 Å². The number of nitrogens with one attached hydrogen (secondary N) is 1. The van der Waals surface area contributed by atoms with Crippen molar-refractivity contribution in [2.75, 3.05) is 6.54 Å². The first-order valence-electron chi connectivity index (χ1n) is 4.76. The molecule has 0 aliphatic carbocycles. The topological polar surface area (TPSA) is 122 Å². The number of aromatic nitrogens is 1. The third kappa shape index (κ3) is 4.19. The summed E-state index contributed by atoms with van der Waals surface area (Å²) in [7, 11) is 0. The number of hydrogen-bond donors (Lipinski definition) is 3. The van der Waals surface area contributed by atoms with Crippen molar-refractivity contribution in [3.8, 4) is 0 Å². The first kappa shape index (κ1) is 13.1. The van der Waals surface area contributed by atoms with Crippen LogP contribution in [0, 0.1) is 0 Å². The van der Waals surface area contributed by atoms with Gasteiger partial charge < -0.3 is 16.2 Å². The Morgan fingerprint density at radius 1 is 1.47 bits per heavy atom. The van der Waals surface area contributed by atoms with Gasteiger partial charge in [0.05, 0.1) is 0 Å². The molecule has 1 heterocycles. The van der Waals surface area contributed by atoms with Crippen molar-refractivity contribution in [3.05, 3.63) is 16.1 Å². The molecular formula is C9H11N3O4S. The third-order valence-corrected chi connectivity index (χ3v) is 2.64. The number of thiazole rings is 1. The van der Waals surface area contributed by atoms with Crippen molar-refractivity contribution >= 4 is 29.1 Å². The lowest BCUT2D eigenvalue weighted by molar-refractivity contribution is -0.118. The molecule has 17 heavy (non-hydrogen) atoms. The molecule has 1 rings (SSSR count). The molecule has 4 N–H and O–H groups in total. The van der Waals surface area contributed by atoms with E-state index in [2.05, 4.69) is 10.3 Å². The zero-order valence-electron chi connectivity index (χ0n) is 8.80. The van der Waals surface area contributed by atoms with E-state index in [0.717, 1.165) is 11.3 Å². The van der Waals surface area contributed by atoms with Gasteiger partial charge in [-0.25, -0.2) is 9.78 Å². The van der Waals surface area contributed by atoms with Crippen LogP contribution in [0.25, 0.3) is 0 Å². The van der Waals surface area contributed by atoms with E-state index in [-0.39, 0.29) is 17.1 Å². The number of nitrogens with zero attached hydrogens (tertiary/aromatic N) is 1. The Morgan fingerprint density at radius 3 is 2.71 bits per heavy atom. The van der Waals surface area contributed by atoms with Gasteiger partial charge in [0.25, 0.3) is 5.91 Å². The molecule has 0 atom stereocenters. The Balaban J connectivity index is 2.41. The molecule has 8 heteroatoms. The number of aromatic carboxylic acids is 1. The van der Waals surface area contributed by atoms with Crippen LogP contribution in [0.2, 0.25) is 0 Å². The number of hydrogen-bond acceptors (Lipinski definition) is 5. The molecule has 0 spiro atoms. The van der Waals surface area contributed by atoms with E-state index in [1.165, 1.54) is 5.38 Å². The summed E-state index contributed by atoms with van der Waals surface area (Å²) in [6.07, 6.45) is 0.636. The summed E-state index contributed by atoms with van der Waals surface area (Å²) in [4.78, 5) is 36.1. The molecule has 2 amide bonds. The highest BCUT2D eigenvalue weighted by atomic mass is 32.1. The van der Waals surface area contributed by atoms with Crippen LogP contribution < -0.4 is 11.1 Å². The summed E-state index contributed by atoms with van der Waals surface area (Å²) in [5, 5.41) is 12.5. The van der Waals surface area contributed by atoms with E-state index < -0.39 is 17.8 Å². The smallest absolute Gasteiger partial charge is 0.355 e. The fourth-order valence-corrected chi connectivity index (χ4v) is 1.72. The lowest BCUT2D eigenvalue weighted by Crippen LogP contribution is -2.25. The Labute approximate surface area is 101 Å². The summed E-state index contributed by atoms with van der Waals surface area (Å²) in [6, 6.07) is 0. The highest BCUT2D eigenvalue weighted by Crippen LogP contribution is 2.09. The van der Waals surface area contributed by atoms with Crippen LogP contribution in [0.4, 0.5) is 0 Å². The number of carboxylic acid groups (broad SMARTS) is 1. The molecule has 0 aliphatic heterocycles. The number of carboxylic acids is 1. The standard InChI is InChI=1S/C9H11N3O4S/c10-6(13)2-1-3-11-7(14)8-12-5(4-17-8)9(15)16/h4H,1-3H2,(H2,10,13)(H,11,14)(H,15,16). The molecule has 0 fully saturated rings. The van der Waals surface area contributed by atoms with E-state index in [0.29, 0.717) is 13.0 Å². The average Bonchev–Trinajstić information content (AvgIpc) is 2.73. The molecule has 7 nitrogen and oxygen atoms in total. The minimum absolute atomic E-state index is 0.0847. The fraction of sp³-hybridized carbons (Fsp3) is 0.333. The molecule has 0 radical (unpaired) electrons. The molecule has 1 aromatic heterocycles. The Morgan fingerprint density at radius 2 is 2.18 bits per heavy atom. The van der Waals surface area contributed by atoms with Gasteiger partial charge in [0, 0.05) is 18.3 Å². The largest absolute Gasteiger partial charge is 0.476 e. The maximum absolute atomic E-state index is 11.5. The molecule has 0 aliphatic rings. The van der Waals surface area contributed by atoms with Crippen molar-refractivity contribution in [1.82, 2.24) is 10.3 Å². The van der Waals surface area contributed by atoms with Gasteiger partial charge in [-0.1, -0.05) is 0 Å². The Hall–Kier alpha value is -1.96. The minimum atomic E-state index is -1.17. The molecule has 1 aromatic rings. The molecule has 0 bridgehead atoms. The predicted molar refractivity (Wildman–Crippen MR) is 59.8 cm³/mol. The van der Waals surface area contributed by atoms with Crippen molar-refractivity contribution in [2.45, 2.75) is 12.8 Å². The fourth-order valence-electron chi connectivity index (χ4n) is 1.02. The number of nitrogens with two attached hydrogens (primary N) is 1. The average molecular weight is 257 g/mol. The molecule has 0 saturated carbocycles. The van der Waals surface area contributed by atoms with Crippen LogP contribution in [0.3, 0.4) is 0 Å². The van der Waals surface area contributed by atoms with E-state index in [4.69, 9.17) is 10.8 Å². The monoisotopic (exact) mass is 257 g/mol. The van der Waals surface area contributed by atoms with Crippen molar-refractivity contribution in [3.63, 3.8) is 0 Å². The van der Waals surface area contributed by atoms with E-state index in [1.807, 2.05) is 0 Å². The van der Waals surface area contributed by atoms with Crippen molar-refractivity contribution in [2.24, 2.45) is 5.73 Å². The van der Waals surface area contributed by atoms with Crippen LogP contribution >= 0.6 is 11.3 Å². The molecular weight excluding hydrogens is 246 g/mol. The minimum Gasteiger partial charge on any atom is -0.476 e. The normalized spacial score (nSPS) is 9.88. The maximum Gasteiger partial charge on any atom is 0.355 e. The number of primary amides is 1. The van der Waals surface area contributed by atoms with Crippen LogP contribution in [-0.2, 0) is 4.79 Å². The zero-order chi connectivity index (χ0) is 12.8. The van der Waals surface area contributed by atoms with Crippen LogP contribution in [0.5, 0.6) is 0 Å². The number of rotatable bonds is 6. The maximum atomic E-state index is 11.5. The van der Waals surface area contributed by atoms with Gasteiger partial charge in [0.2, 0.25) is 5.91 Å². The second kappa shape index (κ2) is 5.94. The van der Waals surface area contributed by atoms with Gasteiger partial charge in [-0.2, -0.15) is 0 Å². The van der Waals surface area contributed by atoms with Gasteiger partial charge in [0.1, 0.15) is 0 Å². The van der Waals surface area contributed by atoms with Crippen LogP contribution in [0.1, 0.15) is 33.1 Å². The summed E-state index contributed by atoms with van der Waals surface area (Å²) < 4.78 is 0. The lowest BCUT2D eigenvalue weighted by Gasteiger charge is -2.00. The number of carbonyl (C=O) groups is 3. The molecule has 0 aromatic carbocycles. The van der Waals surface area contributed by atoms with Gasteiger partial charge in [-0.15, -0.1) is 11.3 Å². The second-order valence-electron chi connectivity index (χ2n) is 3.17. The van der Waals surface area contributed by atoms with Gasteiger partial charge in [0.15, 0.2) is 10.7 Å². The van der Waals surface area contributed by atoms with E-state index in [9.17, 15) is 14.4 Å². The summed E-state index contributed by atoms with van der Waals surface area (Å²) in [5.74, 6) is -2.05. The van der Waals surface area contributed by atoms with Gasteiger partial charge in [-0.3, -0.25) is 9.59 Å². The highest BCUT2D eigenvalue weighted by molar-refractivity contribution is 7.11. The van der Waals surface area contributed by atoms with Crippen LogP contribution in [0.15, 0.2) is 5.38 Å². The van der Waals surface area contributed by atoms with Gasteiger partial charge in [-0.05, 0) is 6.42 Å². The lowest BCUT2D eigenvalue weighted by atomic mass is 10.3. The summed E-state index contributed by atoms with van der Waals surface area (Å²) in [5.41, 5.74) is 4.77. The Kier molecular flexibility index (Phi) is 4.58. The molecule has 0 saturated heterocycles. The Bertz CT molecular complexity index is 443. The summed E-state index contributed by atoms with van der Waals surface area (Å²) in [6.45, 7) is 0.295. The first-order chi connectivity index (χ1) is 8.00. The van der Waals surface area contributed by atoms with Gasteiger partial charge >= 0.3 is 5.97 Å². The SMILES string of the molecule is NC(=O)CCCNC(=O)c1nc(C(=O)O)cs1. The summed E-state index contributed by atoms with van der Waals surface area (Å²) >= 11 is 0.955. The number of carbonyl (C=O) groups excluding carboxylic acids is 2. The zero-order valence-corrected chi connectivity index (χ0v) is 9.62. The van der Waals surface area contributed by atoms with Crippen molar-refractivity contribution in [1.29, 1.82) is 0 Å². The predicted octanol–water partition coefficient (Wildman–Crippen LogP) is -0.163. The molecule has 92 valence electrons. The van der Waals surface area contributed by atoms with E-state index >= 15 is 0 Å². The third-order valence-electron chi connectivity index (χ3n) is 1.80. The molecule has 0 unspecified atom stereocenters. The second-order valence-corrected chi connectivity index (χ2v) is 4.03. The van der Waals surface area contributed by atoms with E-state index in [1.54, 1.807) is 0 Å². The highest BCUT2D eigenvalue weighted by Gasteiger charge is 2.13. The first-order valence-corrected chi connectivity index (χ1v) is 5.64. The van der Waals surface area contributed by atoms with Crippen molar-refractivity contribution < 1.29 is 19.5 Å². The quantitative estimate of drug-likeness (QED) is 0.611. The number of amides is 2.